The zero-order valence-electron chi connectivity index (χ0n) is 12.3. The summed E-state index contributed by atoms with van der Waals surface area (Å²) in [7, 11) is -3.30. The summed E-state index contributed by atoms with van der Waals surface area (Å²) in [4.78, 5) is 3.82. The maximum atomic E-state index is 12.5. The Morgan fingerprint density at radius 3 is 2.70 bits per heavy atom. The van der Waals surface area contributed by atoms with Gasteiger partial charge in [0.15, 0.2) is 15.5 Å². The Hall–Kier alpha value is -1.84. The zero-order chi connectivity index (χ0) is 16.4. The second-order valence-electron chi connectivity index (χ2n) is 5.62. The van der Waals surface area contributed by atoms with Crippen molar-refractivity contribution < 1.29 is 8.42 Å². The summed E-state index contributed by atoms with van der Waals surface area (Å²) in [6.45, 7) is 7.76. The van der Waals surface area contributed by atoms with E-state index < -0.39 is 9.84 Å². The van der Waals surface area contributed by atoms with Crippen LogP contribution in [0.25, 0.3) is 4.85 Å². The molecule has 1 heterocycles. The van der Waals surface area contributed by atoms with Gasteiger partial charge in [-0.15, -0.1) is 0 Å². The lowest BCUT2D eigenvalue weighted by Gasteiger charge is -2.27. The Labute approximate surface area is 144 Å². The first-order valence-electron chi connectivity index (χ1n) is 7.21. The predicted octanol–water partition coefficient (Wildman–Crippen LogP) is 4.06. The summed E-state index contributed by atoms with van der Waals surface area (Å²) in [5.74, 6) is 0.0872. The van der Waals surface area contributed by atoms with Crippen LogP contribution in [-0.2, 0) is 16.3 Å². The van der Waals surface area contributed by atoms with Gasteiger partial charge >= 0.3 is 0 Å². The number of hydrogen-bond acceptors (Lipinski definition) is 3. The predicted molar refractivity (Wildman–Crippen MR) is 94.6 cm³/mol. The normalized spacial score (nSPS) is 17.0. The molecule has 1 atom stereocenters. The molecule has 1 aliphatic rings. The fourth-order valence-electron chi connectivity index (χ4n) is 2.85. The van der Waals surface area contributed by atoms with Crippen molar-refractivity contribution in [3.63, 3.8) is 0 Å². The van der Waals surface area contributed by atoms with Crippen molar-refractivity contribution in [1.82, 2.24) is 0 Å². The van der Waals surface area contributed by atoms with E-state index in [4.69, 9.17) is 6.57 Å². The van der Waals surface area contributed by atoms with Gasteiger partial charge in [0.05, 0.1) is 17.2 Å². The molecule has 0 aromatic heterocycles. The highest BCUT2D eigenvalue weighted by Crippen LogP contribution is 2.36. The van der Waals surface area contributed by atoms with Gasteiger partial charge in [-0.2, -0.15) is 0 Å². The summed E-state index contributed by atoms with van der Waals surface area (Å²) in [6.07, 6.45) is 0.649. The second kappa shape index (κ2) is 6.34. The van der Waals surface area contributed by atoms with Gasteiger partial charge < -0.3 is 5.32 Å². The van der Waals surface area contributed by atoms with Crippen LogP contribution in [0.5, 0.6) is 0 Å². The first kappa shape index (κ1) is 16.0. The molecule has 0 saturated carbocycles. The minimum absolute atomic E-state index is 0.0133. The highest BCUT2D eigenvalue weighted by atomic mass is 79.9. The smallest absolute Gasteiger partial charge is 0.188 e. The summed E-state index contributed by atoms with van der Waals surface area (Å²) in [5, 5.41) is 3.29. The van der Waals surface area contributed by atoms with E-state index in [2.05, 4.69) is 26.1 Å². The summed E-state index contributed by atoms with van der Waals surface area (Å²) < 4.78 is 25.9. The first-order valence-corrected chi connectivity index (χ1v) is 9.65. The molecule has 0 aliphatic carbocycles. The molecule has 1 unspecified atom stereocenters. The third-order valence-corrected chi connectivity index (χ3v) is 6.45. The number of benzene rings is 2. The molecule has 2 aromatic carbocycles. The monoisotopic (exact) mass is 390 g/mol. The molecule has 118 valence electrons. The van der Waals surface area contributed by atoms with Gasteiger partial charge in [-0.3, -0.25) is 0 Å². The quantitative estimate of drug-likeness (QED) is 0.803. The molecule has 4 nitrogen and oxygen atoms in total. The molecule has 23 heavy (non-hydrogen) atoms. The van der Waals surface area contributed by atoms with Crippen LogP contribution in [-0.4, -0.2) is 20.7 Å². The van der Waals surface area contributed by atoms with E-state index in [9.17, 15) is 8.42 Å². The van der Waals surface area contributed by atoms with Gasteiger partial charge in [0.2, 0.25) is 0 Å². The standard InChI is InChI=1S/C17H15BrN2O2S/c1-19-14-8-13-7-12(10-20-17(13)16(18)9-14)11-23(21,22)15-5-3-2-4-6-15/h2-6,8-9,12,20H,7,10-11H2. The van der Waals surface area contributed by atoms with Gasteiger partial charge in [-0.05, 0) is 52.0 Å². The van der Waals surface area contributed by atoms with Crippen molar-refractivity contribution in [2.24, 2.45) is 5.92 Å². The lowest BCUT2D eigenvalue weighted by Crippen LogP contribution is -2.29. The van der Waals surface area contributed by atoms with E-state index in [0.717, 1.165) is 15.7 Å². The minimum Gasteiger partial charge on any atom is -0.384 e. The van der Waals surface area contributed by atoms with Gasteiger partial charge in [0, 0.05) is 16.7 Å². The van der Waals surface area contributed by atoms with E-state index >= 15 is 0 Å². The molecule has 3 rings (SSSR count). The van der Waals surface area contributed by atoms with Crippen LogP contribution in [0.4, 0.5) is 11.4 Å². The van der Waals surface area contributed by atoms with E-state index in [1.54, 1.807) is 36.4 Å². The van der Waals surface area contributed by atoms with Gasteiger partial charge in [0.1, 0.15) is 0 Å². The zero-order valence-corrected chi connectivity index (χ0v) is 14.7. The largest absolute Gasteiger partial charge is 0.384 e. The highest BCUT2D eigenvalue weighted by Gasteiger charge is 2.26. The van der Waals surface area contributed by atoms with Gasteiger partial charge in [-0.1, -0.05) is 24.3 Å². The van der Waals surface area contributed by atoms with Crippen LogP contribution < -0.4 is 5.32 Å². The molecule has 0 spiro atoms. The number of nitrogens with one attached hydrogen (secondary N) is 1. The Balaban J connectivity index is 1.83. The number of hydrogen-bond donors (Lipinski definition) is 1. The fraction of sp³-hybridized carbons (Fsp3) is 0.235. The first-order chi connectivity index (χ1) is 11.0. The van der Waals surface area contributed by atoms with Crippen molar-refractivity contribution in [2.75, 3.05) is 17.6 Å². The number of nitrogens with zero attached hydrogens (tertiary/aromatic N) is 1. The Kier molecular flexibility index (Phi) is 4.42. The van der Waals surface area contributed by atoms with Gasteiger partial charge in [0.25, 0.3) is 0 Å². The Morgan fingerprint density at radius 1 is 1.26 bits per heavy atom. The highest BCUT2D eigenvalue weighted by molar-refractivity contribution is 9.10. The van der Waals surface area contributed by atoms with Gasteiger partial charge in [-0.25, -0.2) is 13.3 Å². The van der Waals surface area contributed by atoms with Crippen LogP contribution in [0.1, 0.15) is 5.56 Å². The topological polar surface area (TPSA) is 50.5 Å². The molecule has 0 amide bonds. The molecule has 0 saturated heterocycles. The molecule has 0 fully saturated rings. The average Bonchev–Trinajstić information content (AvgIpc) is 2.55. The summed E-state index contributed by atoms with van der Waals surface area (Å²) in [6, 6.07) is 12.2. The molecule has 1 N–H and O–H groups in total. The number of fused-ring (bicyclic) bond motifs is 1. The summed E-state index contributed by atoms with van der Waals surface area (Å²) >= 11 is 3.47. The maximum absolute atomic E-state index is 12.5. The summed E-state index contributed by atoms with van der Waals surface area (Å²) in [5.41, 5.74) is 2.51. The number of anilines is 1. The van der Waals surface area contributed by atoms with Crippen LogP contribution in [0.3, 0.4) is 0 Å². The Morgan fingerprint density at radius 2 is 2.00 bits per heavy atom. The van der Waals surface area contributed by atoms with Crippen molar-refractivity contribution >= 4 is 37.1 Å². The number of sulfone groups is 1. The SMILES string of the molecule is [C-]#[N+]c1cc(Br)c2c(c1)CC(CS(=O)(=O)c1ccccc1)CN2. The molecule has 2 aromatic rings. The van der Waals surface area contributed by atoms with Crippen molar-refractivity contribution in [1.29, 1.82) is 0 Å². The molecule has 0 radical (unpaired) electrons. The van der Waals surface area contributed by atoms with E-state index in [-0.39, 0.29) is 11.7 Å². The third-order valence-electron chi connectivity index (χ3n) is 3.92. The molecular formula is C17H15BrN2O2S. The van der Waals surface area contributed by atoms with E-state index in [1.165, 1.54) is 0 Å². The van der Waals surface area contributed by atoms with Crippen molar-refractivity contribution in [3.05, 3.63) is 63.9 Å². The maximum Gasteiger partial charge on any atom is 0.188 e. The fourth-order valence-corrected chi connectivity index (χ4v) is 5.10. The van der Waals surface area contributed by atoms with Crippen molar-refractivity contribution in [2.45, 2.75) is 11.3 Å². The lowest BCUT2D eigenvalue weighted by molar-refractivity contribution is 0.553. The van der Waals surface area contributed by atoms with Crippen molar-refractivity contribution in [3.8, 4) is 0 Å². The average molecular weight is 391 g/mol. The minimum atomic E-state index is -3.30. The molecule has 1 aliphatic heterocycles. The molecule has 6 heteroatoms. The van der Waals surface area contributed by atoms with Crippen LogP contribution in [0, 0.1) is 12.5 Å². The van der Waals surface area contributed by atoms with E-state index in [0.29, 0.717) is 23.5 Å². The number of halogens is 1. The van der Waals surface area contributed by atoms with Crippen LogP contribution >= 0.6 is 15.9 Å². The molecular weight excluding hydrogens is 376 g/mol. The van der Waals surface area contributed by atoms with Crippen LogP contribution in [0.2, 0.25) is 0 Å². The number of rotatable bonds is 3. The Bertz CT molecular complexity index is 873. The van der Waals surface area contributed by atoms with E-state index in [1.807, 2.05) is 6.07 Å². The van der Waals surface area contributed by atoms with Crippen LogP contribution in [0.15, 0.2) is 51.8 Å². The second-order valence-corrected chi connectivity index (χ2v) is 8.51. The molecule has 0 bridgehead atoms. The lowest BCUT2D eigenvalue weighted by atomic mass is 9.95. The third kappa shape index (κ3) is 3.41.